The van der Waals surface area contributed by atoms with E-state index < -0.39 is 40.4 Å². The molecule has 0 spiro atoms. The molecule has 12 heteroatoms. The summed E-state index contributed by atoms with van der Waals surface area (Å²) in [5.74, 6) is -0.696. The standard InChI is InChI=1S/C28H30F6N4O2/c1-17-9-7-8-10-21(17)22-16-35-25(40-12-11-37(4)5)36-23(22)38(6)24(39)26(2,3)18-13-19(27(29,30)31)15-20(14-18)28(32,33)34/h7-10,13-16H,11-12H2,1-6H3. The van der Waals surface area contributed by atoms with Crippen LogP contribution in [0.1, 0.15) is 36.1 Å². The van der Waals surface area contributed by atoms with Crippen LogP contribution in [0.5, 0.6) is 6.01 Å². The van der Waals surface area contributed by atoms with Gasteiger partial charge in [0.25, 0.3) is 0 Å². The Morgan fingerprint density at radius 2 is 1.43 bits per heavy atom. The summed E-state index contributed by atoms with van der Waals surface area (Å²) in [6.45, 7) is 5.17. The molecule has 40 heavy (non-hydrogen) atoms. The van der Waals surface area contributed by atoms with Gasteiger partial charge in [0.15, 0.2) is 0 Å². The Kier molecular flexibility index (Phi) is 8.83. The molecule has 1 heterocycles. The SMILES string of the molecule is Cc1ccccc1-c1cnc(OCCN(C)C)nc1N(C)C(=O)C(C)(C)c1cc(C(F)(F)F)cc(C(F)(F)F)c1. The number of carbonyl (C=O) groups excluding carboxylic acids is 1. The Bertz CT molecular complexity index is 1340. The predicted octanol–water partition coefficient (Wildman–Crippen LogP) is 6.37. The number of ether oxygens (including phenoxy) is 1. The molecule has 0 saturated heterocycles. The van der Waals surface area contributed by atoms with E-state index in [9.17, 15) is 31.1 Å². The molecule has 1 amide bonds. The highest BCUT2D eigenvalue weighted by atomic mass is 19.4. The predicted molar refractivity (Wildman–Crippen MR) is 139 cm³/mol. The van der Waals surface area contributed by atoms with Crippen LogP contribution in [0.25, 0.3) is 11.1 Å². The molecule has 2 aromatic carbocycles. The molecule has 0 atom stereocenters. The number of nitrogens with zero attached hydrogens (tertiary/aromatic N) is 4. The normalized spacial score (nSPS) is 12.5. The first-order valence-electron chi connectivity index (χ1n) is 12.2. The van der Waals surface area contributed by atoms with Gasteiger partial charge in [0, 0.05) is 25.4 Å². The Morgan fingerprint density at radius 3 is 1.95 bits per heavy atom. The molecule has 216 valence electrons. The topological polar surface area (TPSA) is 58.6 Å². The van der Waals surface area contributed by atoms with Crippen molar-refractivity contribution in [2.24, 2.45) is 0 Å². The maximum atomic E-state index is 13.8. The van der Waals surface area contributed by atoms with Crippen molar-refractivity contribution < 1.29 is 35.9 Å². The van der Waals surface area contributed by atoms with E-state index in [1.165, 1.54) is 27.1 Å². The van der Waals surface area contributed by atoms with Gasteiger partial charge in [-0.25, -0.2) is 4.98 Å². The molecular formula is C28H30F6N4O2. The van der Waals surface area contributed by atoms with Gasteiger partial charge in [0.2, 0.25) is 5.91 Å². The van der Waals surface area contributed by atoms with E-state index >= 15 is 0 Å². The monoisotopic (exact) mass is 568 g/mol. The van der Waals surface area contributed by atoms with Crippen molar-refractivity contribution >= 4 is 11.7 Å². The molecule has 0 N–H and O–H groups in total. The zero-order valence-corrected chi connectivity index (χ0v) is 22.9. The Balaban J connectivity index is 2.12. The van der Waals surface area contributed by atoms with Gasteiger partial charge in [-0.05, 0) is 69.8 Å². The summed E-state index contributed by atoms with van der Waals surface area (Å²) in [7, 11) is 5.06. The first kappa shape index (κ1) is 30.9. The molecule has 1 aromatic heterocycles. The summed E-state index contributed by atoms with van der Waals surface area (Å²) in [6, 6.07) is 8.36. The van der Waals surface area contributed by atoms with E-state index in [0.717, 1.165) is 10.5 Å². The van der Waals surface area contributed by atoms with Gasteiger partial charge in [-0.3, -0.25) is 9.69 Å². The van der Waals surface area contributed by atoms with Crippen LogP contribution in [0.2, 0.25) is 0 Å². The van der Waals surface area contributed by atoms with Gasteiger partial charge < -0.3 is 9.64 Å². The molecule has 0 aliphatic carbocycles. The minimum Gasteiger partial charge on any atom is -0.462 e. The average Bonchev–Trinajstić information content (AvgIpc) is 2.86. The van der Waals surface area contributed by atoms with Gasteiger partial charge in [-0.1, -0.05) is 24.3 Å². The lowest BCUT2D eigenvalue weighted by Crippen LogP contribution is -2.42. The molecule has 0 aliphatic heterocycles. The number of alkyl halides is 6. The maximum Gasteiger partial charge on any atom is 0.416 e. The second kappa shape index (κ2) is 11.4. The van der Waals surface area contributed by atoms with Crippen LogP contribution >= 0.6 is 0 Å². The van der Waals surface area contributed by atoms with Crippen LogP contribution in [0.3, 0.4) is 0 Å². The molecular weight excluding hydrogens is 538 g/mol. The zero-order chi connectivity index (χ0) is 30.0. The molecule has 3 rings (SSSR count). The van der Waals surface area contributed by atoms with Gasteiger partial charge in [0.1, 0.15) is 12.4 Å². The van der Waals surface area contributed by atoms with Crippen LogP contribution < -0.4 is 9.64 Å². The summed E-state index contributed by atoms with van der Waals surface area (Å²) in [5, 5.41) is 0. The smallest absolute Gasteiger partial charge is 0.416 e. The van der Waals surface area contributed by atoms with Crippen molar-refractivity contribution in [1.82, 2.24) is 14.9 Å². The summed E-state index contributed by atoms with van der Waals surface area (Å²) in [6.07, 6.45) is -8.63. The summed E-state index contributed by atoms with van der Waals surface area (Å²) < 4.78 is 86.8. The van der Waals surface area contributed by atoms with Crippen molar-refractivity contribution in [3.05, 3.63) is 70.9 Å². The van der Waals surface area contributed by atoms with Crippen molar-refractivity contribution in [2.45, 2.75) is 38.5 Å². The molecule has 0 saturated carbocycles. The Morgan fingerprint density at radius 1 is 0.875 bits per heavy atom. The fraction of sp³-hybridized carbons (Fsp3) is 0.393. The molecule has 0 radical (unpaired) electrons. The van der Waals surface area contributed by atoms with Gasteiger partial charge in [-0.2, -0.15) is 31.3 Å². The van der Waals surface area contributed by atoms with Crippen molar-refractivity contribution in [3.8, 4) is 17.1 Å². The number of halogens is 6. The fourth-order valence-electron chi connectivity index (χ4n) is 4.02. The lowest BCUT2D eigenvalue weighted by Gasteiger charge is -2.31. The third kappa shape index (κ3) is 6.90. The number of hydrogen-bond donors (Lipinski definition) is 0. The number of benzene rings is 2. The number of anilines is 1. The number of likely N-dealkylation sites (N-methyl/N-ethyl adjacent to an activating group) is 2. The van der Waals surface area contributed by atoms with Crippen molar-refractivity contribution in [2.75, 3.05) is 39.2 Å². The van der Waals surface area contributed by atoms with E-state index in [2.05, 4.69) is 9.97 Å². The van der Waals surface area contributed by atoms with E-state index in [1.54, 1.807) is 12.1 Å². The third-order valence-electron chi connectivity index (χ3n) is 6.42. The van der Waals surface area contributed by atoms with Gasteiger partial charge in [0.05, 0.1) is 16.5 Å². The Hall–Kier alpha value is -3.67. The number of aromatic nitrogens is 2. The van der Waals surface area contributed by atoms with E-state index in [1.807, 2.05) is 38.1 Å². The highest BCUT2D eigenvalue weighted by Gasteiger charge is 2.41. The minimum absolute atomic E-state index is 0.0336. The van der Waals surface area contributed by atoms with Crippen molar-refractivity contribution in [1.29, 1.82) is 0 Å². The summed E-state index contributed by atoms with van der Waals surface area (Å²) in [5.41, 5.74) is -3.30. The largest absolute Gasteiger partial charge is 0.462 e. The minimum atomic E-state index is -5.05. The Labute approximate surface area is 228 Å². The first-order valence-corrected chi connectivity index (χ1v) is 12.2. The first-order chi connectivity index (χ1) is 18.4. The fourth-order valence-corrected chi connectivity index (χ4v) is 4.02. The molecule has 6 nitrogen and oxygen atoms in total. The molecule has 0 unspecified atom stereocenters. The number of rotatable bonds is 8. The van der Waals surface area contributed by atoms with Gasteiger partial charge >= 0.3 is 18.4 Å². The average molecular weight is 569 g/mol. The number of hydrogen-bond acceptors (Lipinski definition) is 5. The molecule has 0 fully saturated rings. The van der Waals surface area contributed by atoms with Crippen LogP contribution in [0, 0.1) is 6.92 Å². The van der Waals surface area contributed by atoms with Crippen LogP contribution in [0.4, 0.5) is 32.2 Å². The lowest BCUT2D eigenvalue weighted by molar-refractivity contribution is -0.143. The number of carbonyl (C=O) groups is 1. The molecule has 0 aliphatic rings. The second-order valence-corrected chi connectivity index (χ2v) is 10.1. The van der Waals surface area contributed by atoms with Crippen LogP contribution in [0.15, 0.2) is 48.7 Å². The quantitative estimate of drug-likeness (QED) is 0.296. The highest BCUT2D eigenvalue weighted by Crippen LogP contribution is 2.40. The molecule has 3 aromatic rings. The molecule has 0 bridgehead atoms. The van der Waals surface area contributed by atoms with Crippen molar-refractivity contribution in [3.63, 3.8) is 0 Å². The van der Waals surface area contributed by atoms with E-state index in [-0.39, 0.29) is 24.5 Å². The summed E-state index contributed by atoms with van der Waals surface area (Å²) >= 11 is 0. The van der Waals surface area contributed by atoms with Crippen LogP contribution in [-0.4, -0.2) is 55.1 Å². The highest BCUT2D eigenvalue weighted by molar-refractivity contribution is 6.02. The number of aryl methyl sites for hydroxylation is 1. The van der Waals surface area contributed by atoms with E-state index in [0.29, 0.717) is 29.8 Å². The summed E-state index contributed by atoms with van der Waals surface area (Å²) in [4.78, 5) is 25.5. The second-order valence-electron chi connectivity index (χ2n) is 10.1. The van der Waals surface area contributed by atoms with E-state index in [4.69, 9.17) is 4.74 Å². The maximum absolute atomic E-state index is 13.8. The third-order valence-corrected chi connectivity index (χ3v) is 6.42. The van der Waals surface area contributed by atoms with Crippen LogP contribution in [-0.2, 0) is 22.6 Å². The van der Waals surface area contributed by atoms with Gasteiger partial charge in [-0.15, -0.1) is 0 Å². The number of amides is 1. The lowest BCUT2D eigenvalue weighted by atomic mass is 9.81. The zero-order valence-electron chi connectivity index (χ0n) is 22.9.